The van der Waals surface area contributed by atoms with E-state index in [-0.39, 0.29) is 12.0 Å². The van der Waals surface area contributed by atoms with Crippen molar-refractivity contribution in [3.63, 3.8) is 0 Å². The van der Waals surface area contributed by atoms with Crippen molar-refractivity contribution in [3.8, 4) is 0 Å². The third kappa shape index (κ3) is 6.11. The normalized spacial score (nSPS) is 11.2. The number of nitrogens with zero attached hydrogens (tertiary/aromatic N) is 3. The summed E-state index contributed by atoms with van der Waals surface area (Å²) in [5, 5.41) is 8.51. The number of thiophene rings is 1. The molecule has 2 heterocycles. The number of hydrogen-bond donors (Lipinski definition) is 2. The number of carbonyl (C=O) groups is 1. The maximum atomic E-state index is 10.4. The highest BCUT2D eigenvalue weighted by Gasteiger charge is 2.10. The maximum absolute atomic E-state index is 10.4. The molecule has 1 amide bonds. The second-order valence-corrected chi connectivity index (χ2v) is 5.98. The minimum Gasteiger partial charge on any atom is -0.352 e. The van der Waals surface area contributed by atoms with Crippen LogP contribution in [-0.2, 0) is 11.2 Å². The van der Waals surface area contributed by atoms with E-state index >= 15 is 0 Å². The number of aromatic nitrogens is 3. The van der Waals surface area contributed by atoms with Gasteiger partial charge in [-0.3, -0.25) is 10.1 Å². The highest BCUT2D eigenvalue weighted by Crippen LogP contribution is 2.28. The number of carbonyl (C=O) groups excluding carboxylic acids is 1. The fourth-order valence-electron chi connectivity index (χ4n) is 1.78. The van der Waals surface area contributed by atoms with Crippen LogP contribution in [0.5, 0.6) is 0 Å². The number of anilines is 2. The molecule has 2 rings (SSSR count). The molecule has 8 heteroatoms. The summed E-state index contributed by atoms with van der Waals surface area (Å²) >= 11 is 7.91. The molecular formula is C15H22ClN5OS. The lowest BCUT2D eigenvalue weighted by Gasteiger charge is -2.13. The number of hydrogen-bond acceptors (Lipinski definition) is 6. The van der Waals surface area contributed by atoms with Gasteiger partial charge in [0.1, 0.15) is 6.33 Å². The van der Waals surface area contributed by atoms with E-state index in [1.807, 2.05) is 27.7 Å². The molecule has 0 aromatic carbocycles. The predicted octanol–water partition coefficient (Wildman–Crippen LogP) is 3.92. The molecule has 1 atom stereocenters. The molecule has 1 unspecified atom stereocenters. The zero-order chi connectivity index (χ0) is 17.2. The molecule has 0 radical (unpaired) electrons. The van der Waals surface area contributed by atoms with Crippen molar-refractivity contribution >= 4 is 41.2 Å². The smallest absolute Gasteiger partial charge is 0.233 e. The van der Waals surface area contributed by atoms with Gasteiger partial charge in [-0.15, -0.1) is 11.3 Å². The topological polar surface area (TPSA) is 79.8 Å². The second-order valence-electron chi connectivity index (χ2n) is 4.63. The van der Waals surface area contributed by atoms with Crippen molar-refractivity contribution < 1.29 is 4.79 Å². The molecule has 2 aromatic heterocycles. The Bertz CT molecular complexity index is 620. The van der Waals surface area contributed by atoms with Crippen molar-refractivity contribution in [2.45, 2.75) is 46.6 Å². The van der Waals surface area contributed by atoms with Crippen LogP contribution >= 0.6 is 22.9 Å². The van der Waals surface area contributed by atoms with Crippen molar-refractivity contribution in [1.29, 1.82) is 0 Å². The van der Waals surface area contributed by atoms with Gasteiger partial charge in [-0.25, -0.2) is 9.97 Å². The number of amides is 1. The van der Waals surface area contributed by atoms with Crippen molar-refractivity contribution in [2.24, 2.45) is 0 Å². The maximum Gasteiger partial charge on any atom is 0.233 e. The van der Waals surface area contributed by atoms with Crippen LogP contribution in [0.25, 0.3) is 0 Å². The fraction of sp³-hybridized carbons (Fsp3) is 0.467. The van der Waals surface area contributed by atoms with Gasteiger partial charge in [0, 0.05) is 10.9 Å². The standard InChI is InChI=1S/C13H16ClN5OS.C2H6/c1-8-5-21-10(11(8)14)4-3-9(2)18-13-16-6-15-12(19-13)17-7-20;1-2/h5-7,9H,3-4H2,1-2H3,(H2,15,16,17,18,19,20);1-2H3. The van der Waals surface area contributed by atoms with Crippen LogP contribution in [0.15, 0.2) is 11.7 Å². The summed E-state index contributed by atoms with van der Waals surface area (Å²) in [7, 11) is 0. The molecule has 0 bridgehead atoms. The first kappa shape index (κ1) is 19.3. The van der Waals surface area contributed by atoms with E-state index in [1.165, 1.54) is 11.2 Å². The van der Waals surface area contributed by atoms with Crippen LogP contribution in [0.3, 0.4) is 0 Å². The minimum absolute atomic E-state index is 0.176. The van der Waals surface area contributed by atoms with Crippen molar-refractivity contribution in [3.05, 3.63) is 27.2 Å². The summed E-state index contributed by atoms with van der Waals surface area (Å²) in [6, 6.07) is 0.176. The Hall–Kier alpha value is -1.73. The molecular weight excluding hydrogens is 334 g/mol. The Morgan fingerprint density at radius 1 is 1.35 bits per heavy atom. The van der Waals surface area contributed by atoms with Gasteiger partial charge in [0.25, 0.3) is 0 Å². The van der Waals surface area contributed by atoms with Crippen molar-refractivity contribution in [2.75, 3.05) is 10.6 Å². The molecule has 2 N–H and O–H groups in total. The van der Waals surface area contributed by atoms with E-state index in [0.29, 0.717) is 12.4 Å². The van der Waals surface area contributed by atoms with Gasteiger partial charge >= 0.3 is 0 Å². The van der Waals surface area contributed by atoms with Gasteiger partial charge in [-0.1, -0.05) is 25.4 Å². The van der Waals surface area contributed by atoms with Gasteiger partial charge in [-0.05, 0) is 37.6 Å². The highest BCUT2D eigenvalue weighted by molar-refractivity contribution is 7.10. The van der Waals surface area contributed by atoms with Crippen molar-refractivity contribution in [1.82, 2.24) is 15.0 Å². The summed E-state index contributed by atoms with van der Waals surface area (Å²) < 4.78 is 0. The van der Waals surface area contributed by atoms with Crippen LogP contribution in [0.4, 0.5) is 11.9 Å². The molecule has 0 fully saturated rings. The molecule has 0 spiro atoms. The molecule has 23 heavy (non-hydrogen) atoms. The number of nitrogens with one attached hydrogen (secondary N) is 2. The number of halogens is 1. The molecule has 0 saturated heterocycles. The van der Waals surface area contributed by atoms with E-state index in [1.54, 1.807) is 11.3 Å². The second kappa shape index (κ2) is 10.1. The lowest BCUT2D eigenvalue weighted by Crippen LogP contribution is -2.18. The van der Waals surface area contributed by atoms with E-state index < -0.39 is 0 Å². The Balaban J connectivity index is 0.00000127. The van der Waals surface area contributed by atoms with Gasteiger partial charge in [-0.2, -0.15) is 4.98 Å². The van der Waals surface area contributed by atoms with Gasteiger partial charge in [0.15, 0.2) is 0 Å². The molecule has 126 valence electrons. The van der Waals surface area contributed by atoms with Crippen LogP contribution in [0.1, 0.15) is 37.6 Å². The van der Waals surface area contributed by atoms with Crippen LogP contribution < -0.4 is 10.6 Å². The van der Waals surface area contributed by atoms with Gasteiger partial charge < -0.3 is 5.32 Å². The third-order valence-electron chi connectivity index (χ3n) is 2.91. The molecule has 6 nitrogen and oxygen atoms in total. The summed E-state index contributed by atoms with van der Waals surface area (Å²) in [5.41, 5.74) is 1.12. The van der Waals surface area contributed by atoms with E-state index in [2.05, 4.69) is 31.0 Å². The zero-order valence-electron chi connectivity index (χ0n) is 13.8. The zero-order valence-corrected chi connectivity index (χ0v) is 15.3. The summed E-state index contributed by atoms with van der Waals surface area (Å²) in [6.45, 7) is 8.06. The first-order valence-electron chi connectivity index (χ1n) is 7.48. The highest BCUT2D eigenvalue weighted by atomic mass is 35.5. The molecule has 0 aliphatic heterocycles. The Morgan fingerprint density at radius 3 is 2.65 bits per heavy atom. The van der Waals surface area contributed by atoms with Crippen LogP contribution in [-0.4, -0.2) is 27.4 Å². The summed E-state index contributed by atoms with van der Waals surface area (Å²) in [5.74, 6) is 0.668. The molecule has 0 aliphatic carbocycles. The molecule has 2 aromatic rings. The van der Waals surface area contributed by atoms with Gasteiger partial charge in [0.05, 0.1) is 5.02 Å². The van der Waals surface area contributed by atoms with E-state index in [4.69, 9.17) is 11.6 Å². The molecule has 0 saturated carbocycles. The average Bonchev–Trinajstić information content (AvgIpc) is 2.87. The first-order valence-corrected chi connectivity index (χ1v) is 8.74. The minimum atomic E-state index is 0.176. The lowest BCUT2D eigenvalue weighted by molar-refractivity contribution is -0.105. The van der Waals surface area contributed by atoms with Crippen LogP contribution in [0, 0.1) is 6.92 Å². The largest absolute Gasteiger partial charge is 0.352 e. The Kier molecular flexibility index (Phi) is 8.50. The monoisotopic (exact) mass is 355 g/mol. The summed E-state index contributed by atoms with van der Waals surface area (Å²) in [4.78, 5) is 23.5. The Labute approximate surface area is 145 Å². The van der Waals surface area contributed by atoms with E-state index in [9.17, 15) is 4.79 Å². The molecule has 0 aliphatic rings. The Morgan fingerprint density at radius 2 is 2.04 bits per heavy atom. The van der Waals surface area contributed by atoms with Gasteiger partial charge in [0.2, 0.25) is 18.3 Å². The SMILES string of the molecule is CC.Cc1csc(CCC(C)Nc2ncnc(NC=O)n2)c1Cl. The number of rotatable bonds is 7. The van der Waals surface area contributed by atoms with E-state index in [0.717, 1.165) is 23.4 Å². The fourth-order valence-corrected chi connectivity index (χ4v) is 3.06. The first-order chi connectivity index (χ1) is 11.1. The third-order valence-corrected chi connectivity index (χ3v) is 4.71. The predicted molar refractivity (Wildman–Crippen MR) is 96.3 cm³/mol. The lowest BCUT2D eigenvalue weighted by atomic mass is 10.1. The average molecular weight is 356 g/mol. The quantitative estimate of drug-likeness (QED) is 0.736. The number of aryl methyl sites for hydroxylation is 2. The summed E-state index contributed by atoms with van der Waals surface area (Å²) in [6.07, 6.45) is 3.69. The van der Waals surface area contributed by atoms with Crippen LogP contribution in [0.2, 0.25) is 5.02 Å².